The van der Waals surface area contributed by atoms with Crippen LogP contribution in [-0.4, -0.2) is 98.0 Å². The van der Waals surface area contributed by atoms with E-state index >= 15 is 0 Å². The Morgan fingerprint density at radius 1 is 1.39 bits per heavy atom. The van der Waals surface area contributed by atoms with E-state index in [1.807, 2.05) is 11.9 Å². The summed E-state index contributed by atoms with van der Waals surface area (Å²) in [6.07, 6.45) is -1.37. The van der Waals surface area contributed by atoms with Crippen molar-refractivity contribution in [3.05, 3.63) is 0 Å². The van der Waals surface area contributed by atoms with Gasteiger partial charge in [0.25, 0.3) is 0 Å². The normalized spacial score (nSPS) is 36.9. The fourth-order valence-corrected chi connectivity index (χ4v) is 5.93. The van der Waals surface area contributed by atoms with Crippen LogP contribution in [0.3, 0.4) is 0 Å². The van der Waals surface area contributed by atoms with Crippen LogP contribution in [0.15, 0.2) is 0 Å². The highest BCUT2D eigenvalue weighted by atomic mass is 35.5. The van der Waals surface area contributed by atoms with Crippen molar-refractivity contribution in [3.8, 4) is 0 Å². The molecule has 0 aromatic heterocycles. The van der Waals surface area contributed by atoms with E-state index in [1.165, 1.54) is 0 Å². The van der Waals surface area contributed by atoms with Crippen molar-refractivity contribution in [2.45, 2.75) is 80.4 Å². The minimum Gasteiger partial charge on any atom is -0.388 e. The number of thioether (sulfide) groups is 1. The molecule has 13 heteroatoms. The molecule has 0 unspecified atom stereocenters. The van der Waals surface area contributed by atoms with Gasteiger partial charge < -0.3 is 30.1 Å². The molecule has 2 fully saturated rings. The average molecular weight is 505 g/mol. The first-order valence-electron chi connectivity index (χ1n) is 10.3. The first kappa shape index (κ1) is 27.3. The SMILES string of the molecule is CCC[C@H]1C[C@H](C(=O)N[C@H]([C@@H]2O[C@@H](SC)[C@@H](OP(=O)(O)O)[C@H](O)[C@@H]2O)[C@@H](C)Cl)N(C)C1. The quantitative estimate of drug-likeness (QED) is 0.222. The number of hydrogen-bond donors (Lipinski definition) is 5. The number of likely N-dealkylation sites (N-methyl/N-ethyl adjacent to an activating group) is 1. The van der Waals surface area contributed by atoms with Crippen LogP contribution < -0.4 is 5.32 Å². The number of phosphoric ester groups is 1. The van der Waals surface area contributed by atoms with Gasteiger partial charge in [-0.15, -0.1) is 23.4 Å². The lowest BCUT2D eigenvalue weighted by Crippen LogP contribution is -2.65. The monoisotopic (exact) mass is 504 g/mol. The third kappa shape index (κ3) is 7.02. The van der Waals surface area contributed by atoms with Gasteiger partial charge in [-0.05, 0) is 39.0 Å². The maximum atomic E-state index is 13.0. The molecule has 182 valence electrons. The molecule has 0 aromatic rings. The lowest BCUT2D eigenvalue weighted by atomic mass is 9.92. The Kier molecular flexibility index (Phi) is 10.1. The summed E-state index contributed by atoms with van der Waals surface area (Å²) in [5, 5.41) is 23.4. The van der Waals surface area contributed by atoms with Gasteiger partial charge in [-0.1, -0.05) is 13.3 Å². The fourth-order valence-electron chi connectivity index (χ4n) is 4.37. The zero-order valence-electron chi connectivity index (χ0n) is 18.1. The van der Waals surface area contributed by atoms with Crippen LogP contribution in [0.5, 0.6) is 0 Å². The lowest BCUT2D eigenvalue weighted by Gasteiger charge is -2.45. The van der Waals surface area contributed by atoms with Crippen LogP contribution in [0.2, 0.25) is 0 Å². The predicted octanol–water partition coefficient (Wildman–Crippen LogP) is 0.506. The van der Waals surface area contributed by atoms with Crippen molar-refractivity contribution in [2.24, 2.45) is 5.92 Å². The van der Waals surface area contributed by atoms with Crippen molar-refractivity contribution in [2.75, 3.05) is 19.8 Å². The molecule has 9 atom stereocenters. The van der Waals surface area contributed by atoms with Crippen LogP contribution in [0.25, 0.3) is 0 Å². The summed E-state index contributed by atoms with van der Waals surface area (Å²) in [5.74, 6) is 0.195. The molecule has 0 saturated carbocycles. The number of likely N-dealkylation sites (tertiary alicyclic amines) is 1. The van der Waals surface area contributed by atoms with Crippen molar-refractivity contribution in [1.29, 1.82) is 0 Å². The minimum absolute atomic E-state index is 0.238. The van der Waals surface area contributed by atoms with Crippen LogP contribution >= 0.6 is 31.2 Å². The number of ether oxygens (including phenoxy) is 1. The number of phosphoric acid groups is 1. The number of halogens is 1. The van der Waals surface area contributed by atoms with E-state index in [1.54, 1.807) is 13.2 Å². The molecule has 2 aliphatic heterocycles. The predicted molar refractivity (Wildman–Crippen MR) is 118 cm³/mol. The molecule has 10 nitrogen and oxygen atoms in total. The molecule has 2 heterocycles. The third-order valence-electron chi connectivity index (χ3n) is 5.87. The largest absolute Gasteiger partial charge is 0.470 e. The maximum Gasteiger partial charge on any atom is 0.470 e. The highest BCUT2D eigenvalue weighted by Gasteiger charge is 2.51. The molecule has 0 radical (unpaired) electrons. The summed E-state index contributed by atoms with van der Waals surface area (Å²) in [6.45, 7) is 4.57. The van der Waals surface area contributed by atoms with E-state index in [9.17, 15) is 19.6 Å². The van der Waals surface area contributed by atoms with E-state index in [4.69, 9.17) is 26.1 Å². The number of amides is 1. The maximum absolute atomic E-state index is 13.0. The van der Waals surface area contributed by atoms with Crippen LogP contribution in [0, 0.1) is 5.92 Å². The molecule has 5 N–H and O–H groups in total. The van der Waals surface area contributed by atoms with Crippen LogP contribution in [-0.2, 0) is 18.6 Å². The zero-order chi connectivity index (χ0) is 23.5. The molecule has 0 spiro atoms. The van der Waals surface area contributed by atoms with Gasteiger partial charge in [0, 0.05) is 6.54 Å². The number of hydrogen-bond acceptors (Lipinski definition) is 8. The smallest absolute Gasteiger partial charge is 0.388 e. The Morgan fingerprint density at radius 3 is 2.55 bits per heavy atom. The Morgan fingerprint density at radius 2 is 2.03 bits per heavy atom. The molecule has 2 rings (SSSR count). The van der Waals surface area contributed by atoms with Gasteiger partial charge in [-0.2, -0.15) is 0 Å². The summed E-state index contributed by atoms with van der Waals surface area (Å²) in [5.41, 5.74) is -0.992. The number of nitrogens with zero attached hydrogens (tertiary/aromatic N) is 1. The van der Waals surface area contributed by atoms with Crippen molar-refractivity contribution in [3.63, 3.8) is 0 Å². The highest BCUT2D eigenvalue weighted by Crippen LogP contribution is 2.43. The summed E-state index contributed by atoms with van der Waals surface area (Å²) in [6, 6.07) is -1.18. The number of carbonyl (C=O) groups is 1. The Balaban J connectivity index is 2.15. The minimum atomic E-state index is -4.93. The Labute approximate surface area is 192 Å². The molecule has 0 aliphatic carbocycles. The molecule has 31 heavy (non-hydrogen) atoms. The molecule has 1 amide bonds. The standard InChI is InChI=1S/C18H34ClN2O8PS/c1-5-6-10-7-11(21(3)8-10)17(24)20-12(9(2)19)15-13(22)14(23)16(18(28-15)31-4)29-30(25,26)27/h9-16,18,22-23H,5-8H2,1-4H3,(H,20,24)(H2,25,26,27)/t9-,10+,11-,12+,13+,14-,15+,16+,18+/m1/s1. The molecule has 0 bridgehead atoms. The van der Waals surface area contributed by atoms with Crippen LogP contribution in [0.1, 0.15) is 33.1 Å². The second-order valence-corrected chi connectivity index (χ2v) is 11.1. The van der Waals surface area contributed by atoms with E-state index in [-0.39, 0.29) is 11.9 Å². The lowest BCUT2D eigenvalue weighted by molar-refractivity contribution is -0.201. The molecule has 2 saturated heterocycles. The second kappa shape index (κ2) is 11.5. The van der Waals surface area contributed by atoms with Gasteiger partial charge in [-0.3, -0.25) is 14.2 Å². The first-order valence-corrected chi connectivity index (χ1v) is 13.6. The Bertz CT molecular complexity index is 654. The summed E-state index contributed by atoms with van der Waals surface area (Å²) >= 11 is 7.38. The molecular weight excluding hydrogens is 471 g/mol. The molecular formula is C18H34ClN2O8PS. The number of rotatable bonds is 9. The first-order chi connectivity index (χ1) is 14.4. The van der Waals surface area contributed by atoms with Crippen molar-refractivity contribution < 1.29 is 38.6 Å². The average Bonchev–Trinajstić information content (AvgIpc) is 3.03. The molecule has 0 aromatic carbocycles. The second-order valence-electron chi connectivity index (χ2n) is 8.30. The number of carbonyl (C=O) groups excluding carboxylic acids is 1. The van der Waals surface area contributed by atoms with E-state index < -0.39 is 49.1 Å². The topological polar surface area (TPSA) is 149 Å². The number of aliphatic hydroxyl groups excluding tert-OH is 2. The highest BCUT2D eigenvalue weighted by molar-refractivity contribution is 7.99. The Hall–Kier alpha value is 0.0600. The van der Waals surface area contributed by atoms with Crippen LogP contribution in [0.4, 0.5) is 0 Å². The van der Waals surface area contributed by atoms with Gasteiger partial charge in [-0.25, -0.2) is 4.57 Å². The van der Waals surface area contributed by atoms with Gasteiger partial charge in [0.2, 0.25) is 5.91 Å². The summed E-state index contributed by atoms with van der Waals surface area (Å²) in [7, 11) is -3.04. The molecule has 2 aliphatic rings. The number of aliphatic hydroxyl groups is 2. The number of alkyl halides is 1. The van der Waals surface area contributed by atoms with E-state index in [2.05, 4.69) is 16.8 Å². The van der Waals surface area contributed by atoms with Gasteiger partial charge in [0.15, 0.2) is 0 Å². The summed E-state index contributed by atoms with van der Waals surface area (Å²) in [4.78, 5) is 33.3. The van der Waals surface area contributed by atoms with E-state index in [0.717, 1.165) is 37.6 Å². The fraction of sp³-hybridized carbons (Fsp3) is 0.944. The van der Waals surface area contributed by atoms with Crippen molar-refractivity contribution >= 4 is 37.1 Å². The zero-order valence-corrected chi connectivity index (χ0v) is 20.6. The van der Waals surface area contributed by atoms with Gasteiger partial charge in [0.05, 0.1) is 17.5 Å². The number of nitrogens with one attached hydrogen (secondary N) is 1. The van der Waals surface area contributed by atoms with Gasteiger partial charge >= 0.3 is 7.82 Å². The van der Waals surface area contributed by atoms with E-state index in [0.29, 0.717) is 5.92 Å². The third-order valence-corrected chi connectivity index (χ3v) is 7.50. The van der Waals surface area contributed by atoms with Gasteiger partial charge in [0.1, 0.15) is 29.9 Å². The summed E-state index contributed by atoms with van der Waals surface area (Å²) < 4.78 is 21.7. The van der Waals surface area contributed by atoms with Crippen molar-refractivity contribution in [1.82, 2.24) is 10.2 Å².